The van der Waals surface area contributed by atoms with Gasteiger partial charge < -0.3 is 4.90 Å². The van der Waals surface area contributed by atoms with E-state index in [-0.39, 0.29) is 0 Å². The Morgan fingerprint density at radius 2 is 1.84 bits per heavy atom. The van der Waals surface area contributed by atoms with Gasteiger partial charge in [0.2, 0.25) is 0 Å². The molecular formula is C20H27N5. The molecule has 1 aromatic heterocycles. The van der Waals surface area contributed by atoms with Crippen LogP contribution in [-0.4, -0.2) is 28.8 Å². The van der Waals surface area contributed by atoms with Crippen LogP contribution < -0.4 is 10.3 Å². The number of piperidine rings is 1. The molecule has 132 valence electrons. The molecule has 1 aromatic carbocycles. The van der Waals surface area contributed by atoms with Crippen molar-refractivity contribution in [3.8, 4) is 0 Å². The van der Waals surface area contributed by atoms with Gasteiger partial charge in [-0.15, -0.1) is 0 Å². The number of rotatable bonds is 5. The van der Waals surface area contributed by atoms with Crippen LogP contribution in [0.2, 0.25) is 0 Å². The molecule has 0 bridgehead atoms. The first kappa shape index (κ1) is 17.4. The van der Waals surface area contributed by atoms with E-state index in [4.69, 9.17) is 0 Å². The van der Waals surface area contributed by atoms with Gasteiger partial charge in [0.05, 0.1) is 5.71 Å². The minimum atomic E-state index is 0.748. The van der Waals surface area contributed by atoms with Gasteiger partial charge in [0.25, 0.3) is 0 Å². The molecule has 3 rings (SSSR count). The first-order valence-corrected chi connectivity index (χ1v) is 9.16. The van der Waals surface area contributed by atoms with Gasteiger partial charge in [-0.2, -0.15) is 5.10 Å². The molecule has 25 heavy (non-hydrogen) atoms. The third kappa shape index (κ3) is 4.56. The Kier molecular flexibility index (Phi) is 5.64. The molecule has 1 aliphatic rings. The second kappa shape index (κ2) is 8.10. The molecule has 0 aliphatic carbocycles. The molecule has 1 fully saturated rings. The number of anilines is 2. The summed E-state index contributed by atoms with van der Waals surface area (Å²) in [5.74, 6) is 2.51. The minimum absolute atomic E-state index is 0.748. The predicted octanol–water partition coefficient (Wildman–Crippen LogP) is 4.17. The van der Waals surface area contributed by atoms with Gasteiger partial charge in [-0.1, -0.05) is 31.2 Å². The zero-order valence-corrected chi connectivity index (χ0v) is 15.4. The van der Waals surface area contributed by atoms with Gasteiger partial charge in [0.1, 0.15) is 11.6 Å². The number of hydrogen-bond acceptors (Lipinski definition) is 5. The van der Waals surface area contributed by atoms with Crippen molar-refractivity contribution in [1.29, 1.82) is 0 Å². The zero-order valence-electron chi connectivity index (χ0n) is 15.4. The molecule has 1 aliphatic heterocycles. The standard InChI is InChI=1S/C20H27N5/c1-4-17-8-10-18(11-9-17)15(2)23-24-19-14-20(22-16(3)21-19)25-12-6-5-7-13-25/h8-11,14H,4-7,12-13H2,1-3H3,(H,21,22,24). The largest absolute Gasteiger partial charge is 0.356 e. The Morgan fingerprint density at radius 3 is 2.52 bits per heavy atom. The summed E-state index contributed by atoms with van der Waals surface area (Å²) in [6.07, 6.45) is 4.83. The Bertz CT molecular complexity index is 730. The lowest BCUT2D eigenvalue weighted by Gasteiger charge is -2.28. The van der Waals surface area contributed by atoms with E-state index in [9.17, 15) is 0 Å². The van der Waals surface area contributed by atoms with Crippen LogP contribution in [0.5, 0.6) is 0 Å². The quantitative estimate of drug-likeness (QED) is 0.657. The average molecular weight is 337 g/mol. The molecule has 5 nitrogen and oxygen atoms in total. The van der Waals surface area contributed by atoms with Crippen molar-refractivity contribution in [3.05, 3.63) is 47.3 Å². The van der Waals surface area contributed by atoms with Crippen LogP contribution in [-0.2, 0) is 6.42 Å². The number of nitrogens with one attached hydrogen (secondary N) is 1. The van der Waals surface area contributed by atoms with Crippen molar-refractivity contribution >= 4 is 17.3 Å². The van der Waals surface area contributed by atoms with Crippen molar-refractivity contribution in [2.45, 2.75) is 46.5 Å². The Labute approximate surface area is 150 Å². The van der Waals surface area contributed by atoms with Crippen LogP contribution in [0.25, 0.3) is 0 Å². The third-order valence-corrected chi connectivity index (χ3v) is 4.62. The second-order valence-electron chi connectivity index (χ2n) is 6.57. The highest BCUT2D eigenvalue weighted by atomic mass is 15.3. The molecule has 5 heteroatoms. The molecule has 2 heterocycles. The Morgan fingerprint density at radius 1 is 1.12 bits per heavy atom. The number of aromatic nitrogens is 2. The van der Waals surface area contributed by atoms with Gasteiger partial charge in [-0.3, -0.25) is 5.43 Å². The topological polar surface area (TPSA) is 53.4 Å². The molecule has 0 saturated carbocycles. The fourth-order valence-electron chi connectivity index (χ4n) is 3.08. The number of nitrogens with zero attached hydrogens (tertiary/aromatic N) is 4. The minimum Gasteiger partial charge on any atom is -0.356 e. The fourth-order valence-corrected chi connectivity index (χ4v) is 3.08. The summed E-state index contributed by atoms with van der Waals surface area (Å²) < 4.78 is 0. The van der Waals surface area contributed by atoms with E-state index in [0.29, 0.717) is 0 Å². The van der Waals surface area contributed by atoms with E-state index < -0.39 is 0 Å². The van der Waals surface area contributed by atoms with Crippen molar-refractivity contribution in [1.82, 2.24) is 9.97 Å². The smallest absolute Gasteiger partial charge is 0.152 e. The average Bonchev–Trinajstić information content (AvgIpc) is 2.66. The first-order chi connectivity index (χ1) is 12.2. The molecule has 0 atom stereocenters. The lowest BCUT2D eigenvalue weighted by atomic mass is 10.1. The molecule has 2 aromatic rings. The van der Waals surface area contributed by atoms with E-state index in [1.807, 2.05) is 19.9 Å². The highest BCUT2D eigenvalue weighted by molar-refractivity contribution is 5.99. The van der Waals surface area contributed by atoms with Gasteiger partial charge in [0.15, 0.2) is 5.82 Å². The van der Waals surface area contributed by atoms with Gasteiger partial charge in [0, 0.05) is 19.2 Å². The lowest BCUT2D eigenvalue weighted by Crippen LogP contribution is -2.30. The monoisotopic (exact) mass is 337 g/mol. The second-order valence-corrected chi connectivity index (χ2v) is 6.57. The zero-order chi connectivity index (χ0) is 17.6. The van der Waals surface area contributed by atoms with Crippen LogP contribution in [0, 0.1) is 6.92 Å². The van der Waals surface area contributed by atoms with Crippen LogP contribution in [0.3, 0.4) is 0 Å². The van der Waals surface area contributed by atoms with E-state index in [0.717, 1.165) is 48.2 Å². The highest BCUT2D eigenvalue weighted by Gasteiger charge is 2.13. The maximum atomic E-state index is 4.59. The number of hydrogen-bond donors (Lipinski definition) is 1. The van der Waals surface area contributed by atoms with Gasteiger partial charge in [-0.05, 0) is 50.7 Å². The van der Waals surface area contributed by atoms with Crippen molar-refractivity contribution in [3.63, 3.8) is 0 Å². The van der Waals surface area contributed by atoms with Crippen molar-refractivity contribution in [2.24, 2.45) is 5.10 Å². The summed E-state index contributed by atoms with van der Waals surface area (Å²) in [7, 11) is 0. The number of hydrazone groups is 1. The van der Waals surface area contributed by atoms with E-state index in [1.54, 1.807) is 0 Å². The first-order valence-electron chi connectivity index (χ1n) is 9.16. The van der Waals surface area contributed by atoms with Crippen molar-refractivity contribution < 1.29 is 0 Å². The van der Waals surface area contributed by atoms with E-state index in [1.165, 1.54) is 24.8 Å². The summed E-state index contributed by atoms with van der Waals surface area (Å²) in [5, 5.41) is 4.51. The molecule has 0 unspecified atom stereocenters. The third-order valence-electron chi connectivity index (χ3n) is 4.62. The normalized spacial score (nSPS) is 15.3. The number of benzene rings is 1. The van der Waals surface area contributed by atoms with Gasteiger partial charge in [-0.25, -0.2) is 9.97 Å². The molecule has 1 saturated heterocycles. The SMILES string of the molecule is CCc1ccc(C(C)=NNc2cc(N3CCCCC3)nc(C)n2)cc1. The number of aryl methyl sites for hydroxylation is 2. The van der Waals surface area contributed by atoms with Crippen LogP contribution in [0.1, 0.15) is 50.1 Å². The summed E-state index contributed by atoms with van der Waals surface area (Å²) in [6, 6.07) is 10.5. The predicted molar refractivity (Wildman–Crippen MR) is 104 cm³/mol. The molecule has 0 spiro atoms. The molecular weight excluding hydrogens is 310 g/mol. The Hall–Kier alpha value is -2.43. The highest BCUT2D eigenvalue weighted by Crippen LogP contribution is 2.20. The molecule has 0 amide bonds. The van der Waals surface area contributed by atoms with E-state index in [2.05, 4.69) is 56.6 Å². The summed E-state index contributed by atoms with van der Waals surface area (Å²) in [5.41, 5.74) is 6.50. The lowest BCUT2D eigenvalue weighted by molar-refractivity contribution is 0.572. The maximum absolute atomic E-state index is 4.59. The van der Waals surface area contributed by atoms with Crippen molar-refractivity contribution in [2.75, 3.05) is 23.4 Å². The molecule has 1 N–H and O–H groups in total. The van der Waals surface area contributed by atoms with E-state index >= 15 is 0 Å². The fraction of sp³-hybridized carbons (Fsp3) is 0.450. The Balaban J connectivity index is 1.73. The van der Waals surface area contributed by atoms with Crippen LogP contribution in [0.4, 0.5) is 11.6 Å². The summed E-state index contributed by atoms with van der Waals surface area (Å²) >= 11 is 0. The maximum Gasteiger partial charge on any atom is 0.152 e. The van der Waals surface area contributed by atoms with Crippen LogP contribution in [0.15, 0.2) is 35.4 Å². The van der Waals surface area contributed by atoms with Crippen LogP contribution >= 0.6 is 0 Å². The summed E-state index contributed by atoms with van der Waals surface area (Å²) in [4.78, 5) is 11.4. The summed E-state index contributed by atoms with van der Waals surface area (Å²) in [6.45, 7) is 8.24. The van der Waals surface area contributed by atoms with Gasteiger partial charge >= 0.3 is 0 Å². The molecule has 0 radical (unpaired) electrons.